The zero-order chi connectivity index (χ0) is 10.4. The molecule has 2 unspecified atom stereocenters. The maximum atomic E-state index is 2.41. The van der Waals surface area contributed by atoms with Gasteiger partial charge in [0, 0.05) is 0 Å². The summed E-state index contributed by atoms with van der Waals surface area (Å²) < 4.78 is 0. The SMILES string of the molecule is CC1=C/C(C)CCCC(C)CC/C=C\1. The van der Waals surface area contributed by atoms with Gasteiger partial charge in [-0.15, -0.1) is 0 Å². The minimum Gasteiger partial charge on any atom is -0.0843 e. The molecule has 1 aliphatic rings. The normalized spacial score (nSPS) is 36.6. The van der Waals surface area contributed by atoms with E-state index in [9.17, 15) is 0 Å². The lowest BCUT2D eigenvalue weighted by atomic mass is 9.95. The summed E-state index contributed by atoms with van der Waals surface area (Å²) in [5.41, 5.74) is 1.44. The molecule has 80 valence electrons. The van der Waals surface area contributed by atoms with Gasteiger partial charge in [-0.05, 0) is 38.0 Å². The molecule has 14 heavy (non-hydrogen) atoms. The van der Waals surface area contributed by atoms with Gasteiger partial charge in [-0.3, -0.25) is 0 Å². The fourth-order valence-electron chi connectivity index (χ4n) is 2.17. The first-order chi connectivity index (χ1) is 6.68. The lowest BCUT2D eigenvalue weighted by molar-refractivity contribution is 0.451. The molecule has 0 radical (unpaired) electrons. The molecule has 1 rings (SSSR count). The summed E-state index contributed by atoms with van der Waals surface area (Å²) in [4.78, 5) is 0. The molecule has 0 fully saturated rings. The second-order valence-electron chi connectivity index (χ2n) is 4.90. The van der Waals surface area contributed by atoms with Crippen molar-refractivity contribution >= 4 is 0 Å². The highest BCUT2D eigenvalue weighted by molar-refractivity contribution is 5.16. The summed E-state index contributed by atoms with van der Waals surface area (Å²) >= 11 is 0. The van der Waals surface area contributed by atoms with Crippen molar-refractivity contribution in [1.29, 1.82) is 0 Å². The Morgan fingerprint density at radius 2 is 1.93 bits per heavy atom. The average molecular weight is 192 g/mol. The molecule has 0 saturated carbocycles. The molecular weight excluding hydrogens is 168 g/mol. The topological polar surface area (TPSA) is 0 Å². The zero-order valence-electron chi connectivity index (χ0n) is 9.92. The highest BCUT2D eigenvalue weighted by Gasteiger charge is 2.04. The predicted molar refractivity (Wildman–Crippen MR) is 64.3 cm³/mol. The molecule has 0 heteroatoms. The molecule has 0 saturated heterocycles. The first kappa shape index (κ1) is 11.6. The van der Waals surface area contributed by atoms with Crippen LogP contribution in [-0.4, -0.2) is 0 Å². The number of hydrogen-bond acceptors (Lipinski definition) is 0. The van der Waals surface area contributed by atoms with Crippen LogP contribution >= 0.6 is 0 Å². The molecular formula is C14H24. The lowest BCUT2D eigenvalue weighted by Gasteiger charge is -2.10. The van der Waals surface area contributed by atoms with Crippen molar-refractivity contribution in [3.8, 4) is 0 Å². The summed E-state index contributed by atoms with van der Waals surface area (Å²) in [5.74, 6) is 1.66. The van der Waals surface area contributed by atoms with Crippen LogP contribution in [0.4, 0.5) is 0 Å². The van der Waals surface area contributed by atoms with Gasteiger partial charge in [0.1, 0.15) is 0 Å². The van der Waals surface area contributed by atoms with Crippen LogP contribution in [-0.2, 0) is 0 Å². The largest absolute Gasteiger partial charge is 0.0843 e. The van der Waals surface area contributed by atoms with Gasteiger partial charge >= 0.3 is 0 Å². The summed E-state index contributed by atoms with van der Waals surface area (Å²) in [5, 5.41) is 0. The number of rotatable bonds is 0. The first-order valence-electron chi connectivity index (χ1n) is 6.03. The third-order valence-corrected chi connectivity index (χ3v) is 3.11. The van der Waals surface area contributed by atoms with Gasteiger partial charge in [-0.2, -0.15) is 0 Å². The van der Waals surface area contributed by atoms with Gasteiger partial charge in [0.15, 0.2) is 0 Å². The molecule has 0 amide bonds. The molecule has 2 atom stereocenters. The number of hydrogen-bond donors (Lipinski definition) is 0. The van der Waals surface area contributed by atoms with Crippen LogP contribution in [0.3, 0.4) is 0 Å². The zero-order valence-corrected chi connectivity index (χ0v) is 9.92. The Balaban J connectivity index is 2.55. The second-order valence-corrected chi connectivity index (χ2v) is 4.90. The summed E-state index contributed by atoms with van der Waals surface area (Å²) in [6.45, 7) is 6.94. The standard InChI is InChI=1S/C14H24/c1-12-7-4-5-8-13(2)11-14(3)10-6-9-12/h5,8,11-12,14H,4,6-7,9-10H2,1-3H3/b8-5-,13-11-. The summed E-state index contributed by atoms with van der Waals surface area (Å²) in [7, 11) is 0. The minimum atomic E-state index is 0.755. The van der Waals surface area contributed by atoms with Gasteiger partial charge in [-0.25, -0.2) is 0 Å². The van der Waals surface area contributed by atoms with E-state index >= 15 is 0 Å². The van der Waals surface area contributed by atoms with Crippen LogP contribution in [0.1, 0.15) is 52.9 Å². The molecule has 0 bridgehead atoms. The third kappa shape index (κ3) is 4.64. The molecule has 0 aromatic heterocycles. The maximum absolute atomic E-state index is 2.41. The Labute approximate surface area is 89.1 Å². The van der Waals surface area contributed by atoms with E-state index in [1.54, 1.807) is 0 Å². The van der Waals surface area contributed by atoms with E-state index in [0.717, 1.165) is 11.8 Å². The van der Waals surface area contributed by atoms with Crippen molar-refractivity contribution in [2.75, 3.05) is 0 Å². The quantitative estimate of drug-likeness (QED) is 0.520. The fraction of sp³-hybridized carbons (Fsp3) is 0.714. The smallest absolute Gasteiger partial charge is 0.0256 e. The predicted octanol–water partition coefficient (Wildman–Crippen LogP) is 4.73. The van der Waals surface area contributed by atoms with Gasteiger partial charge in [0.05, 0.1) is 0 Å². The summed E-state index contributed by atoms with van der Waals surface area (Å²) in [6, 6.07) is 0. The fourth-order valence-corrected chi connectivity index (χ4v) is 2.17. The molecule has 0 heterocycles. The van der Waals surface area contributed by atoms with Crippen LogP contribution in [0.2, 0.25) is 0 Å². The molecule has 0 aromatic rings. The average Bonchev–Trinajstić information content (AvgIpc) is 2.13. The molecule has 0 N–H and O–H groups in total. The molecule has 0 aliphatic heterocycles. The van der Waals surface area contributed by atoms with Crippen molar-refractivity contribution in [1.82, 2.24) is 0 Å². The van der Waals surface area contributed by atoms with E-state index in [2.05, 4.69) is 39.0 Å². The van der Waals surface area contributed by atoms with E-state index in [1.807, 2.05) is 0 Å². The van der Waals surface area contributed by atoms with E-state index in [1.165, 1.54) is 37.7 Å². The van der Waals surface area contributed by atoms with Gasteiger partial charge < -0.3 is 0 Å². The van der Waals surface area contributed by atoms with Crippen LogP contribution in [0.5, 0.6) is 0 Å². The lowest BCUT2D eigenvalue weighted by Crippen LogP contribution is -1.96. The van der Waals surface area contributed by atoms with Crippen LogP contribution < -0.4 is 0 Å². The summed E-state index contributed by atoms with van der Waals surface area (Å²) in [6.07, 6.45) is 13.8. The van der Waals surface area contributed by atoms with Crippen LogP contribution in [0, 0.1) is 11.8 Å². The number of allylic oxidation sites excluding steroid dienone is 4. The monoisotopic (exact) mass is 192 g/mol. The van der Waals surface area contributed by atoms with Crippen molar-refractivity contribution in [2.24, 2.45) is 11.8 Å². The van der Waals surface area contributed by atoms with Crippen molar-refractivity contribution < 1.29 is 0 Å². The maximum Gasteiger partial charge on any atom is -0.0256 e. The van der Waals surface area contributed by atoms with E-state index < -0.39 is 0 Å². The molecule has 0 spiro atoms. The van der Waals surface area contributed by atoms with Crippen LogP contribution in [0.15, 0.2) is 23.8 Å². The first-order valence-corrected chi connectivity index (χ1v) is 6.03. The van der Waals surface area contributed by atoms with Crippen LogP contribution in [0.25, 0.3) is 0 Å². The van der Waals surface area contributed by atoms with Crippen molar-refractivity contribution in [3.05, 3.63) is 23.8 Å². The van der Waals surface area contributed by atoms with E-state index in [-0.39, 0.29) is 0 Å². The van der Waals surface area contributed by atoms with E-state index in [4.69, 9.17) is 0 Å². The van der Waals surface area contributed by atoms with Crippen molar-refractivity contribution in [3.63, 3.8) is 0 Å². The van der Waals surface area contributed by atoms with Gasteiger partial charge in [0.2, 0.25) is 0 Å². The molecule has 1 aliphatic carbocycles. The third-order valence-electron chi connectivity index (χ3n) is 3.11. The van der Waals surface area contributed by atoms with Gasteiger partial charge in [-0.1, -0.05) is 50.5 Å². The Hall–Kier alpha value is -0.520. The van der Waals surface area contributed by atoms with Crippen molar-refractivity contribution in [2.45, 2.75) is 52.9 Å². The Bertz CT molecular complexity index is 210. The molecule has 0 aromatic carbocycles. The Morgan fingerprint density at radius 3 is 2.71 bits per heavy atom. The highest BCUT2D eigenvalue weighted by Crippen LogP contribution is 2.20. The second kappa shape index (κ2) is 6.06. The Morgan fingerprint density at radius 1 is 1.14 bits per heavy atom. The Kier molecular flexibility index (Phi) is 5.00. The van der Waals surface area contributed by atoms with Gasteiger partial charge in [0.25, 0.3) is 0 Å². The highest BCUT2D eigenvalue weighted by atomic mass is 14.1. The minimum absolute atomic E-state index is 0.755. The van der Waals surface area contributed by atoms with E-state index in [0.29, 0.717) is 0 Å². The molecule has 0 nitrogen and oxygen atoms in total.